The summed E-state index contributed by atoms with van der Waals surface area (Å²) >= 11 is 0. The summed E-state index contributed by atoms with van der Waals surface area (Å²) in [6, 6.07) is 8.28. The summed E-state index contributed by atoms with van der Waals surface area (Å²) in [6.07, 6.45) is 4.21. The first-order chi connectivity index (χ1) is 13.0. The number of ether oxygens (including phenoxy) is 1. The van der Waals surface area contributed by atoms with Gasteiger partial charge in [0.15, 0.2) is 5.96 Å². The largest absolute Gasteiger partial charge is 0.494 e. The van der Waals surface area contributed by atoms with Gasteiger partial charge in [0.05, 0.1) is 6.61 Å². The molecule has 1 aliphatic heterocycles. The molecular formula is C21H33IN4O2. The fourth-order valence-corrected chi connectivity index (χ4v) is 2.84. The van der Waals surface area contributed by atoms with E-state index < -0.39 is 0 Å². The first-order valence-corrected chi connectivity index (χ1v) is 9.70. The topological polar surface area (TPSA) is 57.2 Å². The van der Waals surface area contributed by atoms with Crippen LogP contribution in [0.15, 0.2) is 35.3 Å². The van der Waals surface area contributed by atoms with Crippen LogP contribution in [-0.4, -0.2) is 68.5 Å². The number of hydrogen-bond acceptors (Lipinski definition) is 3. The van der Waals surface area contributed by atoms with E-state index in [1.165, 1.54) is 11.1 Å². The molecule has 1 aliphatic rings. The molecule has 0 atom stereocenters. The molecule has 1 heterocycles. The molecule has 1 aromatic carbocycles. The number of rotatable bonds is 7. The van der Waals surface area contributed by atoms with Crippen LogP contribution in [0.1, 0.15) is 32.3 Å². The zero-order valence-corrected chi connectivity index (χ0v) is 19.7. The zero-order chi connectivity index (χ0) is 19.6. The minimum absolute atomic E-state index is 0. The van der Waals surface area contributed by atoms with Crippen LogP contribution in [0, 0.1) is 0 Å². The molecule has 1 aromatic rings. The fraction of sp³-hybridized carbons (Fsp3) is 0.524. The van der Waals surface area contributed by atoms with Crippen molar-refractivity contribution >= 4 is 41.4 Å². The van der Waals surface area contributed by atoms with Crippen molar-refractivity contribution in [2.24, 2.45) is 4.99 Å². The third-order valence-corrected chi connectivity index (χ3v) is 4.44. The van der Waals surface area contributed by atoms with Gasteiger partial charge in [-0.15, -0.1) is 24.0 Å². The molecule has 0 fully saturated rings. The SMILES string of the molecule is CCCNC(=NCC(=O)N(C)C)N1CC=C(c2ccc(OCC)cc2)CC1.I. The number of hydrogen-bond donors (Lipinski definition) is 1. The molecule has 0 aliphatic carbocycles. The Hall–Kier alpha value is -1.77. The Morgan fingerprint density at radius 1 is 1.25 bits per heavy atom. The van der Waals surface area contributed by atoms with E-state index in [-0.39, 0.29) is 36.4 Å². The lowest BCUT2D eigenvalue weighted by atomic mass is 9.99. The molecule has 1 N–H and O–H groups in total. The lowest BCUT2D eigenvalue weighted by Crippen LogP contribution is -2.44. The second kappa shape index (κ2) is 12.6. The molecule has 0 spiro atoms. The number of halogens is 1. The summed E-state index contributed by atoms with van der Waals surface area (Å²) in [7, 11) is 3.51. The summed E-state index contributed by atoms with van der Waals surface area (Å²) in [5.74, 6) is 1.73. The van der Waals surface area contributed by atoms with Gasteiger partial charge in [0.1, 0.15) is 12.3 Å². The normalized spacial score (nSPS) is 14.1. The van der Waals surface area contributed by atoms with E-state index in [2.05, 4.69) is 40.3 Å². The van der Waals surface area contributed by atoms with Gasteiger partial charge in [-0.2, -0.15) is 0 Å². The number of carbonyl (C=O) groups excluding carboxylic acids is 1. The summed E-state index contributed by atoms with van der Waals surface area (Å²) in [5.41, 5.74) is 2.58. The van der Waals surface area contributed by atoms with E-state index in [0.29, 0.717) is 6.61 Å². The smallest absolute Gasteiger partial charge is 0.243 e. The highest BCUT2D eigenvalue weighted by Crippen LogP contribution is 2.24. The number of guanidine groups is 1. The second-order valence-electron chi connectivity index (χ2n) is 6.74. The van der Waals surface area contributed by atoms with Crippen molar-refractivity contribution in [3.63, 3.8) is 0 Å². The van der Waals surface area contributed by atoms with E-state index in [4.69, 9.17) is 4.74 Å². The van der Waals surface area contributed by atoms with Crippen LogP contribution in [0.25, 0.3) is 5.57 Å². The van der Waals surface area contributed by atoms with Gasteiger partial charge in [-0.3, -0.25) is 4.79 Å². The summed E-state index contributed by atoms with van der Waals surface area (Å²) < 4.78 is 5.51. The molecule has 28 heavy (non-hydrogen) atoms. The van der Waals surface area contributed by atoms with E-state index >= 15 is 0 Å². The molecule has 0 saturated heterocycles. The third kappa shape index (κ3) is 7.33. The van der Waals surface area contributed by atoms with Crippen molar-refractivity contribution in [1.82, 2.24) is 15.1 Å². The van der Waals surface area contributed by atoms with Crippen LogP contribution in [-0.2, 0) is 4.79 Å². The predicted octanol–water partition coefficient (Wildman–Crippen LogP) is 3.24. The summed E-state index contributed by atoms with van der Waals surface area (Å²) in [4.78, 5) is 20.2. The molecule has 0 bridgehead atoms. The first kappa shape index (κ1) is 24.3. The molecule has 7 heteroatoms. The Morgan fingerprint density at radius 3 is 2.50 bits per heavy atom. The van der Waals surface area contributed by atoms with Crippen molar-refractivity contribution in [2.75, 3.05) is 46.9 Å². The van der Waals surface area contributed by atoms with Crippen LogP contribution in [0.5, 0.6) is 5.75 Å². The molecular weight excluding hydrogens is 467 g/mol. The Bertz CT molecular complexity index is 671. The minimum atomic E-state index is 0. The van der Waals surface area contributed by atoms with Crippen molar-refractivity contribution < 1.29 is 9.53 Å². The van der Waals surface area contributed by atoms with Gasteiger partial charge in [-0.05, 0) is 43.0 Å². The van der Waals surface area contributed by atoms with Crippen LogP contribution in [0.3, 0.4) is 0 Å². The number of amides is 1. The highest BCUT2D eigenvalue weighted by Gasteiger charge is 2.17. The summed E-state index contributed by atoms with van der Waals surface area (Å²) in [5, 5.41) is 3.37. The molecule has 156 valence electrons. The molecule has 0 unspecified atom stereocenters. The van der Waals surface area contributed by atoms with E-state index in [9.17, 15) is 4.79 Å². The Morgan fingerprint density at radius 2 is 1.96 bits per heavy atom. The molecule has 0 aromatic heterocycles. The number of carbonyl (C=O) groups is 1. The molecule has 1 amide bonds. The minimum Gasteiger partial charge on any atom is -0.494 e. The van der Waals surface area contributed by atoms with E-state index in [1.807, 2.05) is 19.1 Å². The average molecular weight is 500 g/mol. The van der Waals surface area contributed by atoms with Gasteiger partial charge in [0.2, 0.25) is 5.91 Å². The monoisotopic (exact) mass is 500 g/mol. The Kier molecular flexibility index (Phi) is 11.0. The Balaban J connectivity index is 0.00000392. The fourth-order valence-electron chi connectivity index (χ4n) is 2.84. The van der Waals surface area contributed by atoms with Crippen molar-refractivity contribution in [3.8, 4) is 5.75 Å². The molecule has 0 radical (unpaired) electrons. The number of nitrogens with one attached hydrogen (secondary N) is 1. The number of nitrogens with zero attached hydrogens (tertiary/aromatic N) is 3. The first-order valence-electron chi connectivity index (χ1n) is 9.70. The predicted molar refractivity (Wildman–Crippen MR) is 126 cm³/mol. The van der Waals surface area contributed by atoms with Gasteiger partial charge in [-0.1, -0.05) is 25.1 Å². The number of aliphatic imine (C=N–C) groups is 1. The van der Waals surface area contributed by atoms with Gasteiger partial charge in [0.25, 0.3) is 0 Å². The lowest BCUT2D eigenvalue weighted by Gasteiger charge is -2.30. The number of likely N-dealkylation sites (N-methyl/N-ethyl adjacent to an activating group) is 1. The second-order valence-corrected chi connectivity index (χ2v) is 6.74. The molecule has 2 rings (SSSR count). The third-order valence-electron chi connectivity index (χ3n) is 4.44. The maximum absolute atomic E-state index is 11.9. The van der Waals surface area contributed by atoms with E-state index in [1.54, 1.807) is 19.0 Å². The summed E-state index contributed by atoms with van der Waals surface area (Å²) in [6.45, 7) is 7.48. The van der Waals surface area contributed by atoms with Gasteiger partial charge in [-0.25, -0.2) is 4.99 Å². The highest BCUT2D eigenvalue weighted by atomic mass is 127. The zero-order valence-electron chi connectivity index (χ0n) is 17.4. The molecule has 0 saturated carbocycles. The lowest BCUT2D eigenvalue weighted by molar-refractivity contribution is -0.127. The van der Waals surface area contributed by atoms with Crippen LogP contribution < -0.4 is 10.1 Å². The Labute approximate surface area is 186 Å². The maximum atomic E-state index is 11.9. The van der Waals surface area contributed by atoms with Crippen LogP contribution in [0.4, 0.5) is 0 Å². The van der Waals surface area contributed by atoms with Crippen molar-refractivity contribution in [1.29, 1.82) is 0 Å². The van der Waals surface area contributed by atoms with Gasteiger partial charge < -0.3 is 19.9 Å². The molecule has 6 nitrogen and oxygen atoms in total. The van der Waals surface area contributed by atoms with Crippen molar-refractivity contribution in [3.05, 3.63) is 35.9 Å². The van der Waals surface area contributed by atoms with Crippen LogP contribution >= 0.6 is 24.0 Å². The van der Waals surface area contributed by atoms with Crippen molar-refractivity contribution in [2.45, 2.75) is 26.7 Å². The number of benzene rings is 1. The van der Waals surface area contributed by atoms with Gasteiger partial charge in [0, 0.05) is 33.7 Å². The van der Waals surface area contributed by atoms with E-state index in [0.717, 1.165) is 44.2 Å². The van der Waals surface area contributed by atoms with Crippen LogP contribution in [0.2, 0.25) is 0 Å². The maximum Gasteiger partial charge on any atom is 0.243 e. The highest BCUT2D eigenvalue weighted by molar-refractivity contribution is 14.0. The average Bonchev–Trinajstić information content (AvgIpc) is 2.69. The quantitative estimate of drug-likeness (QED) is 0.355. The van der Waals surface area contributed by atoms with Gasteiger partial charge >= 0.3 is 0 Å². The standard InChI is InChI=1S/C21H32N4O2.HI/c1-5-13-22-21(23-16-20(26)24(3)4)25-14-11-18(12-15-25)17-7-9-19(10-8-17)27-6-2;/h7-11H,5-6,12-16H2,1-4H3,(H,22,23);1H.